The van der Waals surface area contributed by atoms with E-state index in [4.69, 9.17) is 25.8 Å². The van der Waals surface area contributed by atoms with Crippen LogP contribution in [0.5, 0.6) is 11.5 Å². The Kier molecular flexibility index (Phi) is 8.85. The Hall–Kier alpha value is -1.82. The first kappa shape index (κ1) is 21.5. The SMILES string of the molecule is COc1cccc(CNCCCOC(C)C)c1OCc1ccc(F)cc1Cl. The number of rotatable bonds is 11. The Morgan fingerprint density at radius 1 is 1.15 bits per heavy atom. The van der Waals surface area contributed by atoms with Crippen LogP contribution in [0.25, 0.3) is 0 Å². The zero-order valence-electron chi connectivity index (χ0n) is 16.1. The van der Waals surface area contributed by atoms with Crippen LogP contribution < -0.4 is 14.8 Å². The molecule has 0 saturated heterocycles. The summed E-state index contributed by atoms with van der Waals surface area (Å²) in [6, 6.07) is 10.0. The van der Waals surface area contributed by atoms with Gasteiger partial charge >= 0.3 is 0 Å². The second-order valence-corrected chi connectivity index (χ2v) is 6.83. The van der Waals surface area contributed by atoms with Gasteiger partial charge in [0.05, 0.1) is 18.2 Å². The van der Waals surface area contributed by atoms with E-state index >= 15 is 0 Å². The lowest BCUT2D eigenvalue weighted by Crippen LogP contribution is -2.18. The average Bonchev–Trinajstić information content (AvgIpc) is 2.64. The molecule has 0 aliphatic carbocycles. The Morgan fingerprint density at radius 3 is 2.67 bits per heavy atom. The second kappa shape index (κ2) is 11.1. The van der Waals surface area contributed by atoms with E-state index in [1.165, 1.54) is 12.1 Å². The smallest absolute Gasteiger partial charge is 0.166 e. The minimum absolute atomic E-state index is 0.231. The van der Waals surface area contributed by atoms with Crippen LogP contribution >= 0.6 is 11.6 Å². The lowest BCUT2D eigenvalue weighted by atomic mass is 10.1. The Morgan fingerprint density at radius 2 is 1.96 bits per heavy atom. The van der Waals surface area contributed by atoms with Crippen molar-refractivity contribution in [2.75, 3.05) is 20.3 Å². The number of benzene rings is 2. The highest BCUT2D eigenvalue weighted by Crippen LogP contribution is 2.32. The number of methoxy groups -OCH3 is 1. The molecule has 0 aliphatic heterocycles. The normalized spacial score (nSPS) is 11.0. The number of para-hydroxylation sites is 1. The van der Waals surface area contributed by atoms with Crippen LogP contribution in [0.15, 0.2) is 36.4 Å². The number of halogens is 2. The van der Waals surface area contributed by atoms with E-state index < -0.39 is 0 Å². The molecule has 0 heterocycles. The summed E-state index contributed by atoms with van der Waals surface area (Å²) < 4.78 is 30.1. The molecule has 2 rings (SSSR count). The molecule has 0 spiro atoms. The van der Waals surface area contributed by atoms with Gasteiger partial charge in [-0.3, -0.25) is 0 Å². The van der Waals surface area contributed by atoms with Gasteiger partial charge in [0.2, 0.25) is 0 Å². The minimum atomic E-state index is -0.368. The molecule has 0 radical (unpaired) electrons. The molecule has 0 bridgehead atoms. The van der Waals surface area contributed by atoms with Crippen molar-refractivity contribution in [1.82, 2.24) is 5.32 Å². The van der Waals surface area contributed by atoms with Crippen LogP contribution in [0, 0.1) is 5.82 Å². The molecule has 0 atom stereocenters. The summed E-state index contributed by atoms with van der Waals surface area (Å²) in [7, 11) is 1.60. The van der Waals surface area contributed by atoms with Crippen LogP contribution in [0.4, 0.5) is 4.39 Å². The van der Waals surface area contributed by atoms with Crippen molar-refractivity contribution >= 4 is 11.6 Å². The predicted molar refractivity (Wildman–Crippen MR) is 106 cm³/mol. The molecule has 1 N–H and O–H groups in total. The summed E-state index contributed by atoms with van der Waals surface area (Å²) in [6.45, 7) is 6.50. The van der Waals surface area contributed by atoms with E-state index in [1.54, 1.807) is 13.2 Å². The van der Waals surface area contributed by atoms with Gasteiger partial charge in [-0.15, -0.1) is 0 Å². The molecule has 0 aliphatic rings. The van der Waals surface area contributed by atoms with E-state index in [0.717, 1.165) is 25.1 Å². The fourth-order valence-corrected chi connectivity index (χ4v) is 2.77. The molecule has 27 heavy (non-hydrogen) atoms. The largest absolute Gasteiger partial charge is 0.493 e. The molecule has 2 aromatic carbocycles. The molecule has 0 amide bonds. The van der Waals surface area contributed by atoms with Crippen molar-refractivity contribution in [2.24, 2.45) is 0 Å². The minimum Gasteiger partial charge on any atom is -0.493 e. The predicted octanol–water partition coefficient (Wildman–Crippen LogP) is 4.97. The standard InChI is InChI=1S/C21H27ClFNO3/c1-15(2)26-11-5-10-24-13-16-6-4-7-20(25-3)21(16)27-14-17-8-9-18(23)12-19(17)22/h4,6-9,12,15,24H,5,10-11,13-14H2,1-3H3. The fourth-order valence-electron chi connectivity index (χ4n) is 2.55. The van der Waals surface area contributed by atoms with Gasteiger partial charge in [-0.2, -0.15) is 0 Å². The van der Waals surface area contributed by atoms with E-state index in [9.17, 15) is 4.39 Å². The van der Waals surface area contributed by atoms with Gasteiger partial charge in [0.1, 0.15) is 12.4 Å². The van der Waals surface area contributed by atoms with Crippen LogP contribution in [-0.4, -0.2) is 26.4 Å². The quantitative estimate of drug-likeness (QED) is 0.545. The molecular formula is C21H27ClFNO3. The Labute approximate surface area is 165 Å². The van der Waals surface area contributed by atoms with Crippen molar-refractivity contribution in [1.29, 1.82) is 0 Å². The van der Waals surface area contributed by atoms with Gasteiger partial charge in [-0.05, 0) is 45.0 Å². The summed E-state index contributed by atoms with van der Waals surface area (Å²) in [5, 5.41) is 3.74. The van der Waals surface area contributed by atoms with Crippen LogP contribution in [-0.2, 0) is 17.9 Å². The maximum Gasteiger partial charge on any atom is 0.166 e. The average molecular weight is 396 g/mol. The maximum atomic E-state index is 13.2. The van der Waals surface area contributed by atoms with E-state index in [2.05, 4.69) is 5.32 Å². The van der Waals surface area contributed by atoms with Crippen LogP contribution in [0.3, 0.4) is 0 Å². The number of nitrogens with one attached hydrogen (secondary N) is 1. The molecule has 0 fully saturated rings. The van der Waals surface area contributed by atoms with Crippen molar-refractivity contribution < 1.29 is 18.6 Å². The zero-order chi connectivity index (χ0) is 19.6. The first-order valence-corrected chi connectivity index (χ1v) is 9.44. The maximum absolute atomic E-state index is 13.2. The molecule has 148 valence electrons. The van der Waals surface area contributed by atoms with E-state index in [-0.39, 0.29) is 18.5 Å². The summed E-state index contributed by atoms with van der Waals surface area (Å²) in [5.74, 6) is 0.939. The van der Waals surface area contributed by atoms with Gasteiger partial charge in [0, 0.05) is 24.3 Å². The first-order valence-electron chi connectivity index (χ1n) is 9.06. The van der Waals surface area contributed by atoms with Gasteiger partial charge in [-0.25, -0.2) is 4.39 Å². The molecular weight excluding hydrogens is 369 g/mol. The monoisotopic (exact) mass is 395 g/mol. The molecule has 6 heteroatoms. The lowest BCUT2D eigenvalue weighted by molar-refractivity contribution is 0.0770. The van der Waals surface area contributed by atoms with Crippen LogP contribution in [0.1, 0.15) is 31.4 Å². The molecule has 2 aromatic rings. The Balaban J connectivity index is 1.97. The highest BCUT2D eigenvalue weighted by Gasteiger charge is 2.12. The molecule has 0 aromatic heterocycles. The highest BCUT2D eigenvalue weighted by atomic mass is 35.5. The topological polar surface area (TPSA) is 39.7 Å². The lowest BCUT2D eigenvalue weighted by Gasteiger charge is -2.16. The van der Waals surface area contributed by atoms with Crippen LogP contribution in [0.2, 0.25) is 5.02 Å². The highest BCUT2D eigenvalue weighted by molar-refractivity contribution is 6.31. The second-order valence-electron chi connectivity index (χ2n) is 6.42. The number of hydrogen-bond donors (Lipinski definition) is 1. The number of hydrogen-bond acceptors (Lipinski definition) is 4. The fraction of sp³-hybridized carbons (Fsp3) is 0.429. The summed E-state index contributed by atoms with van der Waals surface area (Å²) in [5.41, 5.74) is 1.70. The van der Waals surface area contributed by atoms with Crippen molar-refractivity contribution in [3.8, 4) is 11.5 Å². The zero-order valence-corrected chi connectivity index (χ0v) is 16.8. The van der Waals surface area contributed by atoms with Gasteiger partial charge in [-0.1, -0.05) is 29.8 Å². The summed E-state index contributed by atoms with van der Waals surface area (Å²) in [6.07, 6.45) is 1.19. The van der Waals surface area contributed by atoms with Gasteiger partial charge in [0.15, 0.2) is 11.5 Å². The first-order chi connectivity index (χ1) is 13.0. The third-order valence-electron chi connectivity index (χ3n) is 3.93. The van der Waals surface area contributed by atoms with Crippen molar-refractivity contribution in [2.45, 2.75) is 39.5 Å². The summed E-state index contributed by atoms with van der Waals surface area (Å²) in [4.78, 5) is 0. The molecule has 0 saturated carbocycles. The van der Waals surface area contributed by atoms with E-state index in [0.29, 0.717) is 28.6 Å². The molecule has 4 nitrogen and oxygen atoms in total. The van der Waals surface area contributed by atoms with Crippen molar-refractivity contribution in [3.05, 3.63) is 58.4 Å². The van der Waals surface area contributed by atoms with Gasteiger partial charge < -0.3 is 19.5 Å². The Bertz CT molecular complexity index is 725. The third-order valence-corrected chi connectivity index (χ3v) is 4.28. The van der Waals surface area contributed by atoms with Crippen molar-refractivity contribution in [3.63, 3.8) is 0 Å². The number of ether oxygens (including phenoxy) is 3. The molecule has 0 unspecified atom stereocenters. The van der Waals surface area contributed by atoms with Gasteiger partial charge in [0.25, 0.3) is 0 Å². The third kappa shape index (κ3) is 7.01. The van der Waals surface area contributed by atoms with E-state index in [1.807, 2.05) is 32.0 Å². The summed E-state index contributed by atoms with van der Waals surface area (Å²) >= 11 is 6.09.